The fourth-order valence-electron chi connectivity index (χ4n) is 6.44. The van der Waals surface area contributed by atoms with Crippen molar-refractivity contribution in [3.8, 4) is 17.2 Å². The highest BCUT2D eigenvalue weighted by atomic mass is 28.4. The first kappa shape index (κ1) is 36.7. The Morgan fingerprint density at radius 1 is 0.604 bits per heavy atom. The van der Waals surface area contributed by atoms with E-state index < -0.39 is 25.1 Å². The molecule has 0 aliphatic carbocycles. The van der Waals surface area contributed by atoms with E-state index in [1.165, 1.54) is 24.3 Å². The molecule has 1 N–H and O–H groups in total. The van der Waals surface area contributed by atoms with Crippen LogP contribution in [0.5, 0.6) is 17.2 Å². The molecule has 6 aromatic rings. The lowest BCUT2D eigenvalue weighted by molar-refractivity contribution is 0.0701. The van der Waals surface area contributed by atoms with E-state index in [9.17, 15) is 19.5 Å². The number of ketones is 2. The first-order valence-electron chi connectivity index (χ1n) is 17.3. The van der Waals surface area contributed by atoms with Gasteiger partial charge in [0.25, 0.3) is 0 Å². The predicted molar refractivity (Wildman–Crippen MR) is 208 cm³/mol. The topological polar surface area (TPSA) is 99.1 Å². The number of esters is 1. The fourth-order valence-corrected chi connectivity index (χ4v) is 10.9. The fraction of sp³-hybridized carbons (Fsp3) is 0.133. The largest absolute Gasteiger partial charge is 0.533 e. The highest BCUT2D eigenvalue weighted by molar-refractivity contribution is 7.00. The van der Waals surface area contributed by atoms with Gasteiger partial charge in [0.1, 0.15) is 29.4 Å². The zero-order chi connectivity index (χ0) is 37.4. The Morgan fingerprint density at radius 2 is 1.11 bits per heavy atom. The molecule has 53 heavy (non-hydrogen) atoms. The molecule has 0 atom stereocenters. The number of hydrogen-bond donors (Lipinski definition) is 1. The second-order valence-electron chi connectivity index (χ2n) is 13.6. The summed E-state index contributed by atoms with van der Waals surface area (Å²) < 4.78 is 19.1. The molecule has 0 amide bonds. The van der Waals surface area contributed by atoms with E-state index in [4.69, 9.17) is 13.9 Å². The molecule has 0 heterocycles. The molecule has 0 unspecified atom stereocenters. The lowest BCUT2D eigenvalue weighted by Gasteiger charge is -2.43. The molecule has 0 aliphatic heterocycles. The van der Waals surface area contributed by atoms with Crippen molar-refractivity contribution in [2.24, 2.45) is 0 Å². The summed E-state index contributed by atoms with van der Waals surface area (Å²) in [5.41, 5.74) is 1.69. The van der Waals surface area contributed by atoms with Crippen LogP contribution in [0.3, 0.4) is 0 Å². The molecule has 0 fully saturated rings. The molecule has 0 saturated heterocycles. The second kappa shape index (κ2) is 16.1. The lowest BCUT2D eigenvalue weighted by atomic mass is 10.0. The van der Waals surface area contributed by atoms with Gasteiger partial charge < -0.3 is 19.0 Å². The highest BCUT2D eigenvalue weighted by Crippen LogP contribution is 2.42. The van der Waals surface area contributed by atoms with Crippen LogP contribution in [-0.2, 0) is 11.3 Å². The smallest absolute Gasteiger partial charge is 0.343 e. The van der Waals surface area contributed by atoms with Crippen LogP contribution in [0, 0.1) is 0 Å². The Morgan fingerprint density at radius 3 is 1.70 bits per heavy atom. The maximum Gasteiger partial charge on any atom is 0.343 e. The minimum absolute atomic E-state index is 0.0475. The second-order valence-corrected chi connectivity index (χ2v) is 17.9. The molecule has 0 aliphatic rings. The van der Waals surface area contributed by atoms with Crippen LogP contribution < -0.4 is 19.5 Å². The van der Waals surface area contributed by atoms with Gasteiger partial charge in [-0.1, -0.05) is 154 Å². The Labute approximate surface area is 310 Å². The van der Waals surface area contributed by atoms with Crippen molar-refractivity contribution in [3.63, 3.8) is 0 Å². The zero-order valence-electron chi connectivity index (χ0n) is 29.8. The molecule has 0 aromatic heterocycles. The molecule has 0 bridgehead atoms. The third kappa shape index (κ3) is 8.20. The van der Waals surface area contributed by atoms with E-state index >= 15 is 0 Å². The quantitative estimate of drug-likeness (QED) is 0.0556. The van der Waals surface area contributed by atoms with Gasteiger partial charge in [0, 0.05) is 23.3 Å². The van der Waals surface area contributed by atoms with Gasteiger partial charge in [-0.15, -0.1) is 0 Å². The van der Waals surface area contributed by atoms with Gasteiger partial charge >= 0.3 is 14.3 Å². The van der Waals surface area contributed by atoms with Crippen molar-refractivity contribution in [1.29, 1.82) is 0 Å². The van der Waals surface area contributed by atoms with Crippen LogP contribution in [0.4, 0.5) is 0 Å². The average Bonchev–Trinajstić information content (AvgIpc) is 3.17. The molecule has 8 heteroatoms. The number of hydrogen-bond acceptors (Lipinski definition) is 7. The van der Waals surface area contributed by atoms with E-state index in [2.05, 4.69) is 20.8 Å². The van der Waals surface area contributed by atoms with Crippen molar-refractivity contribution >= 4 is 36.2 Å². The van der Waals surface area contributed by atoms with E-state index in [1.807, 2.05) is 97.1 Å². The van der Waals surface area contributed by atoms with Crippen molar-refractivity contribution in [2.45, 2.75) is 32.4 Å². The van der Waals surface area contributed by atoms with Gasteiger partial charge in [-0.25, -0.2) is 4.79 Å². The number of carbonyl (C=O) groups is 3. The predicted octanol–water partition coefficient (Wildman–Crippen LogP) is 8.18. The number of benzene rings is 6. The van der Waals surface area contributed by atoms with E-state index in [-0.39, 0.29) is 47.4 Å². The van der Waals surface area contributed by atoms with Crippen LogP contribution in [0.1, 0.15) is 63.0 Å². The number of Topliss-reactive ketones (excluding diaryl/α,β-unsaturated/α-hetero) is 1. The van der Waals surface area contributed by atoms with Gasteiger partial charge in [0.15, 0.2) is 11.6 Å². The average molecular weight is 721 g/mol. The summed E-state index contributed by atoms with van der Waals surface area (Å²) in [4.78, 5) is 41.3. The summed E-state index contributed by atoms with van der Waals surface area (Å²) in [6.45, 7) is 6.10. The number of carbonyl (C=O) groups excluding carboxylic acids is 3. The van der Waals surface area contributed by atoms with Crippen molar-refractivity contribution in [3.05, 3.63) is 186 Å². The minimum atomic E-state index is -3.34. The lowest BCUT2D eigenvalue weighted by Crippen LogP contribution is -2.69. The molecule has 0 saturated carbocycles. The number of ether oxygens (including phenoxy) is 2. The molecule has 6 aromatic carbocycles. The Hall–Kier alpha value is -6.09. The summed E-state index contributed by atoms with van der Waals surface area (Å²) >= 11 is 0. The van der Waals surface area contributed by atoms with Gasteiger partial charge in [0.05, 0.1) is 12.2 Å². The van der Waals surface area contributed by atoms with Crippen LogP contribution in [-0.4, -0.2) is 37.6 Å². The minimum Gasteiger partial charge on any atom is -0.533 e. The van der Waals surface area contributed by atoms with E-state index in [0.29, 0.717) is 11.1 Å². The number of aromatic hydroxyl groups is 1. The van der Waals surface area contributed by atoms with Crippen LogP contribution >= 0.6 is 0 Å². The standard InChI is InChI=1S/C45H40O7Si/c1-45(2,3)53(37-23-12-6-13-24-37,38-25-14-7-15-26-38)52-41-29-36(46)28-40(42(41)39(47)31-50-30-32-17-8-4-9-18-32)51-44(49)35-22-16-21-34(27-35)43(48)33-19-10-5-11-20-33/h4-29,46H,30-31H2,1-3H3. The number of rotatable bonds is 13. The first-order valence-corrected chi connectivity index (χ1v) is 19.2. The summed E-state index contributed by atoms with van der Waals surface area (Å²) in [5, 5.41) is 12.5. The van der Waals surface area contributed by atoms with Crippen LogP contribution in [0.15, 0.2) is 158 Å². The Bertz CT molecular complexity index is 2160. The molecule has 0 spiro atoms. The van der Waals surface area contributed by atoms with Gasteiger partial charge in [-0.2, -0.15) is 0 Å². The summed E-state index contributed by atoms with van der Waals surface area (Å²) in [5.74, 6) is -2.00. The molecule has 6 rings (SSSR count). The molecule has 7 nitrogen and oxygen atoms in total. The van der Waals surface area contributed by atoms with E-state index in [0.717, 1.165) is 15.9 Å². The van der Waals surface area contributed by atoms with Gasteiger partial charge in [-0.05, 0) is 33.1 Å². The zero-order valence-corrected chi connectivity index (χ0v) is 30.8. The van der Waals surface area contributed by atoms with Crippen LogP contribution in [0.2, 0.25) is 5.04 Å². The summed E-state index contributed by atoms with van der Waals surface area (Å²) in [6, 6.07) is 46.7. The third-order valence-electron chi connectivity index (χ3n) is 8.95. The van der Waals surface area contributed by atoms with Gasteiger partial charge in [0.2, 0.25) is 0 Å². The van der Waals surface area contributed by atoms with Crippen LogP contribution in [0.25, 0.3) is 0 Å². The summed E-state index contributed by atoms with van der Waals surface area (Å²) in [7, 11) is -3.34. The normalized spacial score (nSPS) is 11.5. The van der Waals surface area contributed by atoms with Crippen molar-refractivity contribution < 1.29 is 33.4 Å². The van der Waals surface area contributed by atoms with E-state index in [1.54, 1.807) is 36.4 Å². The highest BCUT2D eigenvalue weighted by Gasteiger charge is 2.52. The third-order valence-corrected chi connectivity index (χ3v) is 13.9. The summed E-state index contributed by atoms with van der Waals surface area (Å²) in [6.07, 6.45) is 0. The Kier molecular flexibility index (Phi) is 11.1. The maximum absolute atomic E-state index is 14.3. The molecular weight excluding hydrogens is 681 g/mol. The monoisotopic (exact) mass is 720 g/mol. The first-order chi connectivity index (χ1) is 25.6. The Balaban J connectivity index is 1.44. The van der Waals surface area contributed by atoms with Gasteiger partial charge in [-0.3, -0.25) is 9.59 Å². The molecule has 266 valence electrons. The molecule has 0 radical (unpaired) electrons. The number of phenolic OH excluding ortho intramolecular Hbond substituents is 1. The molecular formula is C45H40O7Si. The maximum atomic E-state index is 14.3. The van der Waals surface area contributed by atoms with Crippen molar-refractivity contribution in [2.75, 3.05) is 6.61 Å². The SMILES string of the molecule is CC(C)(C)[Si](Oc1cc(O)cc(OC(=O)c2cccc(C(=O)c3ccccc3)c2)c1C(=O)COCc1ccccc1)(c1ccccc1)c1ccccc1. The van der Waals surface area contributed by atoms with Crippen molar-refractivity contribution in [1.82, 2.24) is 0 Å². The number of phenols is 1.